The molecule has 0 radical (unpaired) electrons. The van der Waals surface area contributed by atoms with Crippen LogP contribution in [0.5, 0.6) is 0 Å². The number of aliphatic hydroxyl groups excluding tert-OH is 2. The van der Waals surface area contributed by atoms with Crippen LogP contribution in [0.3, 0.4) is 0 Å². The summed E-state index contributed by atoms with van der Waals surface area (Å²) in [6.07, 6.45) is 0.408. The monoisotopic (exact) mass is 311 g/mol. The van der Waals surface area contributed by atoms with Crippen LogP contribution in [0.2, 0.25) is 0 Å². The van der Waals surface area contributed by atoms with Gasteiger partial charge in [0, 0.05) is 31.2 Å². The quantitative estimate of drug-likeness (QED) is 0.912. The second-order valence-electron chi connectivity index (χ2n) is 6.06. The number of nitrogens with zero attached hydrogens (tertiary/aromatic N) is 1. The molecule has 4 nitrogen and oxygen atoms in total. The fraction of sp³-hybridized carbons (Fsp3) is 0.316. The lowest BCUT2D eigenvalue weighted by Crippen LogP contribution is -2.24. The fourth-order valence-corrected chi connectivity index (χ4v) is 3.16. The van der Waals surface area contributed by atoms with E-state index in [1.807, 2.05) is 49.4 Å². The highest BCUT2D eigenvalue weighted by Gasteiger charge is 2.29. The Kier molecular flexibility index (Phi) is 4.46. The molecule has 1 heterocycles. The van der Waals surface area contributed by atoms with Crippen LogP contribution in [-0.2, 0) is 11.4 Å². The van der Waals surface area contributed by atoms with E-state index in [0.29, 0.717) is 13.0 Å². The van der Waals surface area contributed by atoms with Gasteiger partial charge in [-0.3, -0.25) is 4.79 Å². The predicted octanol–water partition coefficient (Wildman–Crippen LogP) is 2.50. The van der Waals surface area contributed by atoms with Gasteiger partial charge in [-0.25, -0.2) is 0 Å². The summed E-state index contributed by atoms with van der Waals surface area (Å²) in [4.78, 5) is 13.8. The van der Waals surface area contributed by atoms with E-state index in [-0.39, 0.29) is 25.0 Å². The molecule has 0 aromatic heterocycles. The SMILES string of the molecule is Cc1cccc(-c2ccc(N3CC(CO)CC3=O)cc2)c1CO. The van der Waals surface area contributed by atoms with Crippen molar-refractivity contribution in [2.75, 3.05) is 18.1 Å². The van der Waals surface area contributed by atoms with Crippen molar-refractivity contribution in [1.29, 1.82) is 0 Å². The van der Waals surface area contributed by atoms with Crippen molar-refractivity contribution in [2.45, 2.75) is 20.0 Å². The summed E-state index contributed by atoms with van der Waals surface area (Å²) < 4.78 is 0. The molecule has 4 heteroatoms. The standard InChI is InChI=1S/C19H21NO3/c1-13-3-2-4-17(18(13)12-22)15-5-7-16(8-6-15)20-10-14(11-21)9-19(20)23/h2-8,14,21-22H,9-12H2,1H3. The maximum Gasteiger partial charge on any atom is 0.227 e. The lowest BCUT2D eigenvalue weighted by molar-refractivity contribution is -0.117. The lowest BCUT2D eigenvalue weighted by Gasteiger charge is -2.17. The molecule has 2 aromatic rings. The molecule has 0 aliphatic carbocycles. The summed E-state index contributed by atoms with van der Waals surface area (Å²) in [7, 11) is 0. The number of aryl methyl sites for hydroxylation is 1. The highest BCUT2D eigenvalue weighted by molar-refractivity contribution is 5.96. The second kappa shape index (κ2) is 6.52. The molecule has 0 bridgehead atoms. The Balaban J connectivity index is 1.89. The fourth-order valence-electron chi connectivity index (χ4n) is 3.16. The van der Waals surface area contributed by atoms with Gasteiger partial charge in [-0.05, 0) is 41.3 Å². The van der Waals surface area contributed by atoms with Gasteiger partial charge >= 0.3 is 0 Å². The zero-order chi connectivity index (χ0) is 16.4. The number of hydrogen-bond donors (Lipinski definition) is 2. The van der Waals surface area contributed by atoms with Crippen molar-refractivity contribution >= 4 is 11.6 Å². The number of carbonyl (C=O) groups excluding carboxylic acids is 1. The Bertz CT molecular complexity index is 709. The first-order chi connectivity index (χ1) is 11.1. The van der Waals surface area contributed by atoms with Crippen LogP contribution in [0.25, 0.3) is 11.1 Å². The number of hydrogen-bond acceptors (Lipinski definition) is 3. The van der Waals surface area contributed by atoms with Gasteiger partial charge in [0.2, 0.25) is 5.91 Å². The molecule has 0 spiro atoms. The average Bonchev–Trinajstić information content (AvgIpc) is 2.96. The van der Waals surface area contributed by atoms with E-state index in [1.165, 1.54) is 0 Å². The van der Waals surface area contributed by atoms with Crippen LogP contribution in [0.1, 0.15) is 17.5 Å². The van der Waals surface area contributed by atoms with Crippen LogP contribution in [0.4, 0.5) is 5.69 Å². The van der Waals surface area contributed by atoms with Crippen molar-refractivity contribution in [3.05, 3.63) is 53.6 Å². The third-order valence-electron chi connectivity index (χ3n) is 4.52. The van der Waals surface area contributed by atoms with Crippen molar-refractivity contribution in [3.63, 3.8) is 0 Å². The molecule has 1 saturated heterocycles. The van der Waals surface area contributed by atoms with Crippen LogP contribution < -0.4 is 4.90 Å². The first-order valence-electron chi connectivity index (χ1n) is 7.85. The van der Waals surface area contributed by atoms with E-state index in [0.717, 1.165) is 27.9 Å². The second-order valence-corrected chi connectivity index (χ2v) is 6.06. The Hall–Kier alpha value is -2.17. The molecule has 1 unspecified atom stereocenters. The van der Waals surface area contributed by atoms with E-state index in [1.54, 1.807) is 4.90 Å². The maximum absolute atomic E-state index is 12.0. The molecule has 0 saturated carbocycles. The van der Waals surface area contributed by atoms with E-state index >= 15 is 0 Å². The Morgan fingerprint density at radius 2 is 1.87 bits per heavy atom. The van der Waals surface area contributed by atoms with Crippen LogP contribution in [0.15, 0.2) is 42.5 Å². The topological polar surface area (TPSA) is 60.8 Å². The highest BCUT2D eigenvalue weighted by atomic mass is 16.3. The maximum atomic E-state index is 12.0. The largest absolute Gasteiger partial charge is 0.396 e. The number of anilines is 1. The molecule has 23 heavy (non-hydrogen) atoms. The minimum atomic E-state index is 0.00650. The number of rotatable bonds is 4. The lowest BCUT2D eigenvalue weighted by atomic mass is 9.96. The summed E-state index contributed by atoms with van der Waals surface area (Å²) in [6.45, 7) is 2.61. The van der Waals surface area contributed by atoms with E-state index in [2.05, 4.69) is 0 Å². The van der Waals surface area contributed by atoms with Crippen molar-refractivity contribution in [2.24, 2.45) is 5.92 Å². The number of aliphatic hydroxyl groups is 2. The first-order valence-corrected chi connectivity index (χ1v) is 7.85. The van der Waals surface area contributed by atoms with Gasteiger partial charge in [-0.15, -0.1) is 0 Å². The summed E-state index contributed by atoms with van der Waals surface area (Å²) in [5.41, 5.74) is 4.88. The molecular weight excluding hydrogens is 290 g/mol. The Morgan fingerprint density at radius 1 is 1.13 bits per heavy atom. The van der Waals surface area contributed by atoms with E-state index in [4.69, 9.17) is 0 Å². The van der Waals surface area contributed by atoms with Crippen LogP contribution >= 0.6 is 0 Å². The third-order valence-corrected chi connectivity index (χ3v) is 4.52. The van der Waals surface area contributed by atoms with E-state index < -0.39 is 0 Å². The molecule has 1 aliphatic rings. The number of amides is 1. The number of benzene rings is 2. The van der Waals surface area contributed by atoms with E-state index in [9.17, 15) is 15.0 Å². The van der Waals surface area contributed by atoms with Crippen molar-refractivity contribution < 1.29 is 15.0 Å². The molecule has 1 fully saturated rings. The summed E-state index contributed by atoms with van der Waals surface area (Å²) in [5, 5.41) is 18.8. The minimum absolute atomic E-state index is 0.00650. The normalized spacial score (nSPS) is 17.8. The average molecular weight is 311 g/mol. The van der Waals surface area contributed by atoms with Crippen molar-refractivity contribution in [3.8, 4) is 11.1 Å². The van der Waals surface area contributed by atoms with Gasteiger partial charge in [0.15, 0.2) is 0 Å². The smallest absolute Gasteiger partial charge is 0.227 e. The summed E-state index contributed by atoms with van der Waals surface area (Å²) >= 11 is 0. The van der Waals surface area contributed by atoms with Gasteiger partial charge < -0.3 is 15.1 Å². The molecule has 1 atom stereocenters. The highest BCUT2D eigenvalue weighted by Crippen LogP contribution is 2.30. The summed E-state index contributed by atoms with van der Waals surface area (Å²) in [6, 6.07) is 13.8. The zero-order valence-electron chi connectivity index (χ0n) is 13.2. The predicted molar refractivity (Wildman–Crippen MR) is 90.1 cm³/mol. The summed E-state index contributed by atoms with van der Waals surface area (Å²) in [5.74, 6) is 0.0864. The van der Waals surface area contributed by atoms with Gasteiger partial charge in [-0.2, -0.15) is 0 Å². The van der Waals surface area contributed by atoms with Crippen LogP contribution in [-0.4, -0.2) is 29.3 Å². The van der Waals surface area contributed by atoms with Gasteiger partial charge in [0.05, 0.1) is 6.61 Å². The number of carbonyl (C=O) groups is 1. The molecule has 1 amide bonds. The molecule has 120 valence electrons. The molecule has 3 rings (SSSR count). The zero-order valence-corrected chi connectivity index (χ0v) is 13.2. The van der Waals surface area contributed by atoms with Crippen LogP contribution in [0, 0.1) is 12.8 Å². The third kappa shape index (κ3) is 3.00. The van der Waals surface area contributed by atoms with Gasteiger partial charge in [-0.1, -0.05) is 30.3 Å². The Morgan fingerprint density at radius 3 is 2.48 bits per heavy atom. The molecule has 2 aromatic carbocycles. The minimum Gasteiger partial charge on any atom is -0.396 e. The van der Waals surface area contributed by atoms with Gasteiger partial charge in [0.1, 0.15) is 0 Å². The van der Waals surface area contributed by atoms with Crippen molar-refractivity contribution in [1.82, 2.24) is 0 Å². The molecule has 1 aliphatic heterocycles. The Labute approximate surface area is 136 Å². The van der Waals surface area contributed by atoms with Gasteiger partial charge in [0.25, 0.3) is 0 Å². The first kappa shape index (κ1) is 15.7. The molecular formula is C19H21NO3. The molecule has 2 N–H and O–H groups in total.